The van der Waals surface area contributed by atoms with Gasteiger partial charge in [-0.15, -0.1) is 0 Å². The van der Waals surface area contributed by atoms with Gasteiger partial charge in [0.15, 0.2) is 0 Å². The van der Waals surface area contributed by atoms with Crippen LogP contribution in [0.2, 0.25) is 0 Å². The second-order valence-electron chi connectivity index (χ2n) is 5.69. The monoisotopic (exact) mass is 288 g/mol. The summed E-state index contributed by atoms with van der Waals surface area (Å²) in [6, 6.07) is 0. The van der Waals surface area contributed by atoms with Crippen molar-refractivity contribution in [3.8, 4) is 0 Å². The number of hydrogen-bond acceptors (Lipinski definition) is 1. The lowest BCUT2D eigenvalue weighted by Crippen LogP contribution is -2.35. The van der Waals surface area contributed by atoms with Gasteiger partial charge in [-0.2, -0.15) is 0 Å². The fourth-order valence-corrected chi connectivity index (χ4v) is 3.88. The van der Waals surface area contributed by atoms with Gasteiger partial charge in [0.1, 0.15) is 0 Å². The van der Waals surface area contributed by atoms with Crippen LogP contribution in [0, 0.1) is 5.92 Å². The van der Waals surface area contributed by atoms with Crippen LogP contribution < -0.4 is 0 Å². The van der Waals surface area contributed by atoms with Gasteiger partial charge in [0.25, 0.3) is 0 Å². The fourth-order valence-electron chi connectivity index (χ4n) is 3.16. The molecule has 0 N–H and O–H groups in total. The van der Waals surface area contributed by atoms with Crippen molar-refractivity contribution < 1.29 is 4.74 Å². The van der Waals surface area contributed by atoms with E-state index in [1.54, 1.807) is 0 Å². The summed E-state index contributed by atoms with van der Waals surface area (Å²) in [7, 11) is 0. The van der Waals surface area contributed by atoms with Crippen molar-refractivity contribution in [1.82, 2.24) is 0 Å². The van der Waals surface area contributed by atoms with Crippen LogP contribution in [0.3, 0.4) is 0 Å². The van der Waals surface area contributed by atoms with Gasteiger partial charge in [0.2, 0.25) is 0 Å². The van der Waals surface area contributed by atoms with Gasteiger partial charge >= 0.3 is 0 Å². The van der Waals surface area contributed by atoms with Crippen molar-refractivity contribution in [3.05, 3.63) is 0 Å². The van der Waals surface area contributed by atoms with Crippen molar-refractivity contribution in [3.63, 3.8) is 0 Å². The Morgan fingerprint density at radius 1 is 0.938 bits per heavy atom. The Morgan fingerprint density at radius 2 is 1.56 bits per heavy atom. The molecule has 0 aliphatic heterocycles. The predicted molar refractivity (Wildman–Crippen MR) is 72.1 cm³/mol. The van der Waals surface area contributed by atoms with Crippen LogP contribution in [0.25, 0.3) is 0 Å². The number of alkyl halides is 1. The molecule has 0 amide bonds. The van der Waals surface area contributed by atoms with E-state index < -0.39 is 0 Å². The molecule has 1 nitrogen and oxygen atoms in total. The summed E-state index contributed by atoms with van der Waals surface area (Å²) < 4.78 is 6.34. The van der Waals surface area contributed by atoms with E-state index in [2.05, 4.69) is 15.9 Å². The first-order chi connectivity index (χ1) is 7.85. The molecular formula is C14H25BrO. The van der Waals surface area contributed by atoms with Gasteiger partial charge in [-0.1, -0.05) is 54.5 Å². The maximum absolute atomic E-state index is 6.34. The minimum Gasteiger partial charge on any atom is -0.374 e. The molecule has 0 aromatic rings. The van der Waals surface area contributed by atoms with Crippen LogP contribution in [-0.2, 0) is 4.74 Å². The third-order valence-corrected chi connectivity index (χ3v) is 5.38. The first kappa shape index (κ1) is 12.9. The second-order valence-corrected chi connectivity index (χ2v) is 6.25. The molecule has 16 heavy (non-hydrogen) atoms. The van der Waals surface area contributed by atoms with Crippen LogP contribution in [0.4, 0.5) is 0 Å². The largest absolute Gasteiger partial charge is 0.374 e. The van der Waals surface area contributed by atoms with E-state index in [9.17, 15) is 0 Å². The van der Waals surface area contributed by atoms with E-state index in [-0.39, 0.29) is 5.60 Å². The summed E-state index contributed by atoms with van der Waals surface area (Å²) >= 11 is 3.69. The molecule has 2 heteroatoms. The van der Waals surface area contributed by atoms with Crippen LogP contribution >= 0.6 is 15.9 Å². The summed E-state index contributed by atoms with van der Waals surface area (Å²) in [4.78, 5) is 0. The molecule has 0 heterocycles. The van der Waals surface area contributed by atoms with Crippen molar-refractivity contribution in [2.24, 2.45) is 5.92 Å². The third kappa shape index (κ3) is 3.46. The molecule has 0 bridgehead atoms. The zero-order valence-electron chi connectivity index (χ0n) is 10.3. The highest BCUT2D eigenvalue weighted by Gasteiger charge is 2.31. The zero-order valence-corrected chi connectivity index (χ0v) is 11.9. The number of ether oxygens (including phenoxy) is 1. The summed E-state index contributed by atoms with van der Waals surface area (Å²) in [5.41, 5.74) is 0.180. The Balaban J connectivity index is 1.81. The fraction of sp³-hybridized carbons (Fsp3) is 1.00. The third-order valence-electron chi connectivity index (χ3n) is 4.36. The summed E-state index contributed by atoms with van der Waals surface area (Å²) in [6.07, 6.45) is 13.7. The number of hydrogen-bond donors (Lipinski definition) is 0. The maximum atomic E-state index is 6.34. The molecule has 0 aromatic heterocycles. The topological polar surface area (TPSA) is 9.23 Å². The van der Waals surface area contributed by atoms with Gasteiger partial charge in [-0.3, -0.25) is 0 Å². The predicted octanol–water partition coefficient (Wildman–Crippen LogP) is 4.68. The van der Waals surface area contributed by atoms with Gasteiger partial charge in [0.05, 0.1) is 12.2 Å². The van der Waals surface area contributed by atoms with E-state index in [1.807, 2.05) is 0 Å². The normalized spacial score (nSPS) is 26.8. The van der Waals surface area contributed by atoms with Crippen LogP contribution in [0.15, 0.2) is 0 Å². The van der Waals surface area contributed by atoms with E-state index in [0.717, 1.165) is 17.9 Å². The highest BCUT2D eigenvalue weighted by molar-refractivity contribution is 9.09. The van der Waals surface area contributed by atoms with Crippen molar-refractivity contribution >= 4 is 15.9 Å². The molecule has 2 fully saturated rings. The van der Waals surface area contributed by atoms with Crippen LogP contribution in [0.1, 0.15) is 64.2 Å². The quantitative estimate of drug-likeness (QED) is 0.539. The van der Waals surface area contributed by atoms with Gasteiger partial charge < -0.3 is 4.74 Å². The Hall–Kier alpha value is 0.440. The van der Waals surface area contributed by atoms with E-state index >= 15 is 0 Å². The molecule has 0 aromatic carbocycles. The minimum atomic E-state index is 0.180. The van der Waals surface area contributed by atoms with Crippen molar-refractivity contribution in [2.75, 3.05) is 11.9 Å². The molecule has 94 valence electrons. The molecule has 0 radical (unpaired) electrons. The SMILES string of the molecule is BrCC1(OCC2CCCC2)CCCCCC1. The lowest BCUT2D eigenvalue weighted by Gasteiger charge is -2.32. The van der Waals surface area contributed by atoms with Gasteiger partial charge in [-0.25, -0.2) is 0 Å². The molecular weight excluding hydrogens is 264 g/mol. The van der Waals surface area contributed by atoms with Crippen molar-refractivity contribution in [2.45, 2.75) is 69.8 Å². The lowest BCUT2D eigenvalue weighted by atomic mass is 9.96. The van der Waals surface area contributed by atoms with E-state index in [1.165, 1.54) is 64.2 Å². The van der Waals surface area contributed by atoms with E-state index in [0.29, 0.717) is 0 Å². The van der Waals surface area contributed by atoms with E-state index in [4.69, 9.17) is 4.74 Å². The molecule has 2 aliphatic rings. The molecule has 2 saturated carbocycles. The summed E-state index contributed by atoms with van der Waals surface area (Å²) in [5, 5.41) is 1.03. The Kier molecular flexibility index (Phi) is 5.15. The van der Waals surface area contributed by atoms with Crippen molar-refractivity contribution in [1.29, 1.82) is 0 Å². The summed E-state index contributed by atoms with van der Waals surface area (Å²) in [5.74, 6) is 0.860. The molecule has 0 saturated heterocycles. The molecule has 2 rings (SSSR count). The van der Waals surface area contributed by atoms with Crippen LogP contribution in [-0.4, -0.2) is 17.5 Å². The Labute approximate surface area is 108 Å². The molecule has 0 unspecified atom stereocenters. The highest BCUT2D eigenvalue weighted by Crippen LogP contribution is 2.34. The summed E-state index contributed by atoms with van der Waals surface area (Å²) in [6.45, 7) is 1.02. The first-order valence-electron chi connectivity index (χ1n) is 7.05. The number of rotatable bonds is 4. The Bertz CT molecular complexity index is 191. The second kappa shape index (κ2) is 6.39. The maximum Gasteiger partial charge on any atom is 0.0779 e. The number of halogens is 1. The minimum absolute atomic E-state index is 0.180. The first-order valence-corrected chi connectivity index (χ1v) is 8.17. The highest BCUT2D eigenvalue weighted by atomic mass is 79.9. The van der Waals surface area contributed by atoms with Crippen LogP contribution in [0.5, 0.6) is 0 Å². The Morgan fingerprint density at radius 3 is 2.12 bits per heavy atom. The molecule has 2 aliphatic carbocycles. The standard InChI is InChI=1S/C14H25BrO/c15-12-14(9-5-1-2-6-10-14)16-11-13-7-3-4-8-13/h13H,1-12H2. The molecule has 0 spiro atoms. The average Bonchev–Trinajstić information content (AvgIpc) is 2.72. The zero-order chi connectivity index (χ0) is 11.3. The average molecular weight is 289 g/mol. The lowest BCUT2D eigenvalue weighted by molar-refractivity contribution is -0.0524. The molecule has 0 atom stereocenters. The van der Waals surface area contributed by atoms with Gasteiger partial charge in [0, 0.05) is 5.33 Å². The van der Waals surface area contributed by atoms with Gasteiger partial charge in [-0.05, 0) is 31.6 Å². The smallest absolute Gasteiger partial charge is 0.0779 e.